The van der Waals surface area contributed by atoms with Crippen molar-refractivity contribution in [3.63, 3.8) is 0 Å². The van der Waals surface area contributed by atoms with Crippen LogP contribution in [0.25, 0.3) is 0 Å². The van der Waals surface area contributed by atoms with Crippen LogP contribution in [-0.2, 0) is 4.74 Å². The first kappa shape index (κ1) is 14.9. The molecule has 2 atom stereocenters. The van der Waals surface area contributed by atoms with E-state index in [2.05, 4.69) is 32.6 Å². The van der Waals surface area contributed by atoms with Crippen LogP contribution in [0.15, 0.2) is 0 Å². The monoisotopic (exact) mass is 217 g/mol. The van der Waals surface area contributed by atoms with E-state index >= 15 is 0 Å². The van der Waals surface area contributed by atoms with Gasteiger partial charge in [0.25, 0.3) is 0 Å². The van der Waals surface area contributed by atoms with Crippen LogP contribution in [-0.4, -0.2) is 49.0 Å². The first-order valence-corrected chi connectivity index (χ1v) is 5.75. The number of hydrogen-bond acceptors (Lipinski definition) is 3. The molecular formula is C12H27NO2. The Kier molecular flexibility index (Phi) is 6.41. The lowest BCUT2D eigenvalue weighted by molar-refractivity contribution is 0.00912. The third-order valence-electron chi connectivity index (χ3n) is 2.93. The summed E-state index contributed by atoms with van der Waals surface area (Å²) in [6, 6.07) is 0.439. The molecule has 92 valence electrons. The van der Waals surface area contributed by atoms with E-state index in [9.17, 15) is 5.11 Å². The lowest BCUT2D eigenvalue weighted by Gasteiger charge is -2.36. The van der Waals surface area contributed by atoms with Gasteiger partial charge < -0.3 is 14.7 Å². The first-order chi connectivity index (χ1) is 6.79. The summed E-state index contributed by atoms with van der Waals surface area (Å²) in [6.45, 7) is 12.5. The number of likely N-dealkylation sites (N-methyl/N-ethyl adjacent to an activating group) is 1. The molecule has 0 aliphatic rings. The van der Waals surface area contributed by atoms with Gasteiger partial charge in [0.15, 0.2) is 0 Å². The van der Waals surface area contributed by atoms with Crippen LogP contribution in [0, 0.1) is 5.41 Å². The van der Waals surface area contributed by atoms with Gasteiger partial charge in [-0.25, -0.2) is 0 Å². The molecule has 0 aliphatic heterocycles. The fourth-order valence-electron chi connectivity index (χ4n) is 1.46. The number of rotatable bonds is 6. The lowest BCUT2D eigenvalue weighted by atomic mass is 9.87. The Hall–Kier alpha value is -0.120. The van der Waals surface area contributed by atoms with Gasteiger partial charge in [0.05, 0.1) is 12.7 Å². The van der Waals surface area contributed by atoms with E-state index < -0.39 is 0 Å². The second-order valence-electron chi connectivity index (χ2n) is 5.29. The predicted octanol–water partition coefficient (Wildman–Crippen LogP) is 1.75. The zero-order chi connectivity index (χ0) is 12.1. The maximum absolute atomic E-state index is 9.70. The fourth-order valence-corrected chi connectivity index (χ4v) is 1.46. The Morgan fingerprint density at radius 3 is 2.27 bits per heavy atom. The van der Waals surface area contributed by atoms with Crippen molar-refractivity contribution < 1.29 is 9.84 Å². The van der Waals surface area contributed by atoms with E-state index in [4.69, 9.17) is 4.74 Å². The highest BCUT2D eigenvalue weighted by Crippen LogP contribution is 2.22. The maximum atomic E-state index is 9.70. The van der Waals surface area contributed by atoms with E-state index in [0.717, 1.165) is 0 Å². The van der Waals surface area contributed by atoms with Crippen molar-refractivity contribution in [1.29, 1.82) is 0 Å². The van der Waals surface area contributed by atoms with Crippen molar-refractivity contribution in [2.75, 3.05) is 26.8 Å². The molecule has 0 rings (SSSR count). The summed E-state index contributed by atoms with van der Waals surface area (Å²) in [7, 11) is 2.05. The molecule has 0 saturated heterocycles. The minimum absolute atomic E-state index is 0.236. The molecule has 0 aromatic carbocycles. The summed E-state index contributed by atoms with van der Waals surface area (Å²) in [5, 5.41) is 9.70. The quantitative estimate of drug-likeness (QED) is 0.736. The standard InChI is InChI=1S/C12H27NO2/c1-7-15-9-11(14)8-13(6)10(2)12(3,4)5/h10-11,14H,7-9H2,1-6H3. The van der Waals surface area contributed by atoms with Crippen LogP contribution in [0.4, 0.5) is 0 Å². The number of nitrogens with zero attached hydrogens (tertiary/aromatic N) is 1. The van der Waals surface area contributed by atoms with Crippen molar-refractivity contribution in [2.45, 2.75) is 46.8 Å². The van der Waals surface area contributed by atoms with Crippen LogP contribution in [0.3, 0.4) is 0 Å². The van der Waals surface area contributed by atoms with Crippen LogP contribution in [0.5, 0.6) is 0 Å². The van der Waals surface area contributed by atoms with Gasteiger partial charge in [-0.3, -0.25) is 0 Å². The van der Waals surface area contributed by atoms with Gasteiger partial charge in [0.2, 0.25) is 0 Å². The molecule has 0 bridgehead atoms. The summed E-state index contributed by atoms with van der Waals surface area (Å²) in [5.74, 6) is 0. The summed E-state index contributed by atoms with van der Waals surface area (Å²) in [5.41, 5.74) is 0.236. The van der Waals surface area contributed by atoms with Gasteiger partial charge in [-0.05, 0) is 26.3 Å². The number of ether oxygens (including phenoxy) is 1. The highest BCUT2D eigenvalue weighted by atomic mass is 16.5. The third kappa shape index (κ3) is 6.13. The van der Waals surface area contributed by atoms with Crippen LogP contribution >= 0.6 is 0 Å². The average Bonchev–Trinajstić information content (AvgIpc) is 2.11. The Morgan fingerprint density at radius 1 is 1.33 bits per heavy atom. The molecule has 3 nitrogen and oxygen atoms in total. The van der Waals surface area contributed by atoms with Gasteiger partial charge in [0.1, 0.15) is 0 Å². The van der Waals surface area contributed by atoms with Gasteiger partial charge >= 0.3 is 0 Å². The van der Waals surface area contributed by atoms with Crippen LogP contribution in [0.2, 0.25) is 0 Å². The van der Waals surface area contributed by atoms with Crippen molar-refractivity contribution in [2.24, 2.45) is 5.41 Å². The molecule has 2 unspecified atom stereocenters. The first-order valence-electron chi connectivity index (χ1n) is 5.75. The third-order valence-corrected chi connectivity index (χ3v) is 2.93. The Morgan fingerprint density at radius 2 is 1.87 bits per heavy atom. The van der Waals surface area contributed by atoms with E-state index in [1.54, 1.807) is 0 Å². The van der Waals surface area contributed by atoms with E-state index in [0.29, 0.717) is 25.8 Å². The molecule has 0 fully saturated rings. The summed E-state index contributed by atoms with van der Waals surface area (Å²) < 4.78 is 5.18. The second kappa shape index (κ2) is 6.46. The molecule has 0 amide bonds. The molecule has 3 heteroatoms. The number of aliphatic hydroxyl groups excluding tert-OH is 1. The van der Waals surface area contributed by atoms with Crippen LogP contribution < -0.4 is 0 Å². The van der Waals surface area contributed by atoms with E-state index in [-0.39, 0.29) is 11.5 Å². The van der Waals surface area contributed by atoms with Gasteiger partial charge in [-0.2, -0.15) is 0 Å². The van der Waals surface area contributed by atoms with Crippen molar-refractivity contribution in [3.8, 4) is 0 Å². The van der Waals surface area contributed by atoms with Crippen LogP contribution in [0.1, 0.15) is 34.6 Å². The Balaban J connectivity index is 3.96. The fraction of sp³-hybridized carbons (Fsp3) is 1.00. The zero-order valence-electron chi connectivity index (χ0n) is 11.1. The van der Waals surface area contributed by atoms with E-state index in [1.165, 1.54) is 0 Å². The Bertz CT molecular complexity index is 165. The average molecular weight is 217 g/mol. The summed E-state index contributed by atoms with van der Waals surface area (Å²) >= 11 is 0. The maximum Gasteiger partial charge on any atom is 0.0900 e. The molecule has 15 heavy (non-hydrogen) atoms. The smallest absolute Gasteiger partial charge is 0.0900 e. The number of aliphatic hydroxyl groups is 1. The molecule has 0 spiro atoms. The SMILES string of the molecule is CCOCC(O)CN(C)C(C)C(C)(C)C. The molecule has 0 aromatic heterocycles. The zero-order valence-corrected chi connectivity index (χ0v) is 11.1. The normalized spacial score (nSPS) is 16.8. The molecular weight excluding hydrogens is 190 g/mol. The molecule has 1 N–H and O–H groups in total. The predicted molar refractivity (Wildman–Crippen MR) is 64.0 cm³/mol. The van der Waals surface area contributed by atoms with Gasteiger partial charge in [0, 0.05) is 19.2 Å². The summed E-state index contributed by atoms with van der Waals surface area (Å²) in [6.07, 6.45) is -0.389. The van der Waals surface area contributed by atoms with Crippen molar-refractivity contribution >= 4 is 0 Å². The Labute approximate surface area is 94.4 Å². The minimum Gasteiger partial charge on any atom is -0.389 e. The summed E-state index contributed by atoms with van der Waals surface area (Å²) in [4.78, 5) is 2.18. The van der Waals surface area contributed by atoms with E-state index in [1.807, 2.05) is 14.0 Å². The van der Waals surface area contributed by atoms with Gasteiger partial charge in [-0.15, -0.1) is 0 Å². The van der Waals surface area contributed by atoms with Gasteiger partial charge in [-0.1, -0.05) is 20.8 Å². The van der Waals surface area contributed by atoms with Crippen molar-refractivity contribution in [1.82, 2.24) is 4.90 Å². The topological polar surface area (TPSA) is 32.7 Å². The highest BCUT2D eigenvalue weighted by Gasteiger charge is 2.24. The lowest BCUT2D eigenvalue weighted by Crippen LogP contribution is -2.43. The molecule has 0 radical (unpaired) electrons. The largest absolute Gasteiger partial charge is 0.389 e. The number of hydrogen-bond donors (Lipinski definition) is 1. The molecule has 0 heterocycles. The molecule has 0 saturated carbocycles. The second-order valence-corrected chi connectivity index (χ2v) is 5.29. The minimum atomic E-state index is -0.389. The molecule has 0 aliphatic carbocycles. The molecule has 0 aromatic rings. The van der Waals surface area contributed by atoms with Crippen molar-refractivity contribution in [3.05, 3.63) is 0 Å². The highest BCUT2D eigenvalue weighted by molar-refractivity contribution is 4.78.